The van der Waals surface area contributed by atoms with E-state index in [9.17, 15) is 18.0 Å². The number of rotatable bonds is 5. The van der Waals surface area contributed by atoms with Gasteiger partial charge in [-0.15, -0.1) is 12.4 Å². The van der Waals surface area contributed by atoms with Crippen LogP contribution in [0.4, 0.5) is 13.2 Å². The lowest BCUT2D eigenvalue weighted by atomic mass is 10.2. The minimum Gasteiger partial charge on any atom is -0.328 e. The van der Waals surface area contributed by atoms with Crippen molar-refractivity contribution >= 4 is 18.3 Å². The van der Waals surface area contributed by atoms with Crippen molar-refractivity contribution in [2.75, 3.05) is 32.7 Å². The van der Waals surface area contributed by atoms with E-state index >= 15 is 0 Å². The molecule has 0 saturated carbocycles. The zero-order chi connectivity index (χ0) is 16.9. The monoisotopic (exact) mass is 365 g/mol. The number of hydrogen-bond acceptors (Lipinski definition) is 3. The molecule has 0 aliphatic carbocycles. The molecule has 1 saturated heterocycles. The van der Waals surface area contributed by atoms with E-state index in [0.29, 0.717) is 12.1 Å². The van der Waals surface area contributed by atoms with E-state index in [0.717, 1.165) is 18.0 Å². The van der Waals surface area contributed by atoms with E-state index in [2.05, 4.69) is 5.32 Å². The zero-order valence-corrected chi connectivity index (χ0v) is 14.4. The molecular formula is C16H23ClF3N3O. The molecule has 1 aromatic rings. The van der Waals surface area contributed by atoms with E-state index < -0.39 is 18.6 Å². The van der Waals surface area contributed by atoms with Gasteiger partial charge in [0.1, 0.15) is 6.54 Å². The molecule has 1 aliphatic heterocycles. The molecule has 2 rings (SSSR count). The Morgan fingerprint density at radius 1 is 1.33 bits per heavy atom. The van der Waals surface area contributed by atoms with Crippen LogP contribution in [-0.2, 0) is 11.3 Å². The van der Waals surface area contributed by atoms with Crippen molar-refractivity contribution in [3.63, 3.8) is 0 Å². The van der Waals surface area contributed by atoms with E-state index in [1.165, 1.54) is 0 Å². The predicted molar refractivity (Wildman–Crippen MR) is 89.1 cm³/mol. The van der Waals surface area contributed by atoms with Gasteiger partial charge in [0.05, 0.1) is 6.54 Å². The third-order valence-corrected chi connectivity index (χ3v) is 3.92. The number of hydrogen-bond donors (Lipinski definition) is 1. The maximum atomic E-state index is 12.8. The molecule has 0 spiro atoms. The Hall–Kier alpha value is -1.31. The molecule has 1 aliphatic rings. The Morgan fingerprint density at radius 2 is 2.00 bits per heavy atom. The normalized spacial score (nSPS) is 18.8. The van der Waals surface area contributed by atoms with Crippen molar-refractivity contribution in [2.45, 2.75) is 25.7 Å². The summed E-state index contributed by atoms with van der Waals surface area (Å²) >= 11 is 0. The molecule has 8 heteroatoms. The second-order valence-electron chi connectivity index (χ2n) is 5.87. The summed E-state index contributed by atoms with van der Waals surface area (Å²) in [7, 11) is 0. The Labute approximate surface area is 146 Å². The first kappa shape index (κ1) is 20.7. The summed E-state index contributed by atoms with van der Waals surface area (Å²) in [6.07, 6.45) is -4.40. The summed E-state index contributed by atoms with van der Waals surface area (Å²) in [5, 5.41) is 3.20. The first-order valence-electron chi connectivity index (χ1n) is 7.68. The summed E-state index contributed by atoms with van der Waals surface area (Å²) in [4.78, 5) is 15.2. The van der Waals surface area contributed by atoms with Crippen LogP contribution < -0.4 is 5.32 Å². The molecule has 0 aromatic heterocycles. The quantitative estimate of drug-likeness (QED) is 0.869. The Kier molecular flexibility index (Phi) is 7.99. The van der Waals surface area contributed by atoms with E-state index in [1.54, 1.807) is 30.3 Å². The van der Waals surface area contributed by atoms with Crippen molar-refractivity contribution in [2.24, 2.45) is 0 Å². The molecule has 0 unspecified atom stereocenters. The molecule has 1 amide bonds. The van der Waals surface area contributed by atoms with Gasteiger partial charge in [0.25, 0.3) is 0 Å². The highest BCUT2D eigenvalue weighted by molar-refractivity contribution is 5.85. The minimum atomic E-state index is -4.40. The first-order chi connectivity index (χ1) is 10.8. The molecule has 1 heterocycles. The number of carbonyl (C=O) groups is 1. The molecule has 1 atom stereocenters. The van der Waals surface area contributed by atoms with Crippen LogP contribution in [0.5, 0.6) is 0 Å². The van der Waals surface area contributed by atoms with Crippen LogP contribution in [0.25, 0.3) is 0 Å². The van der Waals surface area contributed by atoms with Crippen molar-refractivity contribution in [3.05, 3.63) is 35.9 Å². The highest BCUT2D eigenvalue weighted by Crippen LogP contribution is 2.19. The number of benzene rings is 1. The van der Waals surface area contributed by atoms with Crippen LogP contribution in [0.15, 0.2) is 30.3 Å². The van der Waals surface area contributed by atoms with Gasteiger partial charge in [0, 0.05) is 32.2 Å². The van der Waals surface area contributed by atoms with E-state index in [4.69, 9.17) is 0 Å². The molecule has 1 fully saturated rings. The van der Waals surface area contributed by atoms with Crippen LogP contribution in [-0.4, -0.2) is 60.6 Å². The van der Waals surface area contributed by atoms with Crippen molar-refractivity contribution in [3.8, 4) is 0 Å². The van der Waals surface area contributed by atoms with Gasteiger partial charge in [-0.1, -0.05) is 30.3 Å². The molecule has 24 heavy (non-hydrogen) atoms. The SMILES string of the molecule is C[C@@H]1CNCCN1CC(=O)N(Cc1ccccc1)CC(F)(F)F.Cl. The van der Waals surface area contributed by atoms with Crippen LogP contribution in [0, 0.1) is 0 Å². The fraction of sp³-hybridized carbons (Fsp3) is 0.562. The van der Waals surface area contributed by atoms with E-state index in [1.807, 2.05) is 11.8 Å². The molecule has 1 N–H and O–H groups in total. The molecule has 4 nitrogen and oxygen atoms in total. The zero-order valence-electron chi connectivity index (χ0n) is 13.6. The van der Waals surface area contributed by atoms with Gasteiger partial charge in [0.2, 0.25) is 5.91 Å². The van der Waals surface area contributed by atoms with Crippen molar-refractivity contribution < 1.29 is 18.0 Å². The smallest absolute Gasteiger partial charge is 0.328 e. The van der Waals surface area contributed by atoms with Crippen molar-refractivity contribution in [1.82, 2.24) is 15.1 Å². The lowest BCUT2D eigenvalue weighted by Crippen LogP contribution is -2.53. The number of nitrogens with zero attached hydrogens (tertiary/aromatic N) is 2. The molecule has 136 valence electrons. The summed E-state index contributed by atoms with van der Waals surface area (Å²) in [5.41, 5.74) is 0.693. The lowest BCUT2D eigenvalue weighted by molar-refractivity contribution is -0.163. The third-order valence-electron chi connectivity index (χ3n) is 3.92. The average molecular weight is 366 g/mol. The number of carbonyl (C=O) groups excluding carboxylic acids is 1. The minimum absolute atomic E-state index is 0. The first-order valence-corrected chi connectivity index (χ1v) is 7.68. The van der Waals surface area contributed by atoms with Crippen LogP contribution in [0.1, 0.15) is 12.5 Å². The average Bonchev–Trinajstić information content (AvgIpc) is 2.48. The standard InChI is InChI=1S/C16H22F3N3O.ClH/c1-13-9-20-7-8-21(13)11-15(23)22(12-16(17,18)19)10-14-5-3-2-4-6-14;/h2-6,13,20H,7-12H2,1H3;1H/t13-;/m1./s1. The van der Waals surface area contributed by atoms with Crippen LogP contribution in [0.3, 0.4) is 0 Å². The molecule has 1 aromatic carbocycles. The Bertz CT molecular complexity index is 513. The number of halogens is 4. The third kappa shape index (κ3) is 6.67. The number of alkyl halides is 3. The Balaban J connectivity index is 0.00000288. The van der Waals surface area contributed by atoms with Gasteiger partial charge < -0.3 is 10.2 Å². The van der Waals surface area contributed by atoms with Crippen LogP contribution in [0.2, 0.25) is 0 Å². The summed E-state index contributed by atoms with van der Waals surface area (Å²) in [6.45, 7) is 2.89. The largest absolute Gasteiger partial charge is 0.406 e. The highest BCUT2D eigenvalue weighted by atomic mass is 35.5. The van der Waals surface area contributed by atoms with Gasteiger partial charge in [-0.05, 0) is 12.5 Å². The number of piperazine rings is 1. The number of nitrogens with one attached hydrogen (secondary N) is 1. The highest BCUT2D eigenvalue weighted by Gasteiger charge is 2.34. The van der Waals surface area contributed by atoms with Gasteiger partial charge in [-0.3, -0.25) is 9.69 Å². The summed E-state index contributed by atoms with van der Waals surface area (Å²) in [5.74, 6) is -0.486. The Morgan fingerprint density at radius 3 is 2.58 bits per heavy atom. The van der Waals surface area contributed by atoms with E-state index in [-0.39, 0.29) is 31.5 Å². The van der Waals surface area contributed by atoms with Gasteiger partial charge in [-0.25, -0.2) is 0 Å². The number of amides is 1. The van der Waals surface area contributed by atoms with Gasteiger partial charge >= 0.3 is 6.18 Å². The predicted octanol–water partition coefficient (Wildman–Crippen LogP) is 2.29. The topological polar surface area (TPSA) is 35.6 Å². The summed E-state index contributed by atoms with van der Waals surface area (Å²) < 4.78 is 38.4. The second-order valence-corrected chi connectivity index (χ2v) is 5.87. The molecule has 0 radical (unpaired) electrons. The van der Waals surface area contributed by atoms with Crippen LogP contribution >= 0.6 is 12.4 Å². The van der Waals surface area contributed by atoms with Crippen molar-refractivity contribution in [1.29, 1.82) is 0 Å². The maximum Gasteiger partial charge on any atom is 0.406 e. The maximum absolute atomic E-state index is 12.8. The molecule has 0 bridgehead atoms. The fourth-order valence-electron chi connectivity index (χ4n) is 2.64. The fourth-order valence-corrected chi connectivity index (χ4v) is 2.64. The van der Waals surface area contributed by atoms with Gasteiger partial charge in [-0.2, -0.15) is 13.2 Å². The molecular weight excluding hydrogens is 343 g/mol. The van der Waals surface area contributed by atoms with Gasteiger partial charge in [0.15, 0.2) is 0 Å². The lowest BCUT2D eigenvalue weighted by Gasteiger charge is -2.35. The second kappa shape index (κ2) is 9.25. The summed E-state index contributed by atoms with van der Waals surface area (Å²) in [6, 6.07) is 8.89.